The standard InChI is InChI=1S/C23H25N3O5/c1-15(13-14-24)18(23(30)31-2)25-22(29)20(27)19(16-9-5-3-6-10-16)26-21(28)17-11-7-4-8-12-17/h3-12,15,18-20,27H,13H2,1-2H3,(H,25,29)(H,26,28)/t15-,18+,19-,20+/m0/s1. The average Bonchev–Trinajstić information content (AvgIpc) is 2.80. The molecule has 0 saturated carbocycles. The zero-order valence-electron chi connectivity index (χ0n) is 17.3. The van der Waals surface area contributed by atoms with Crippen LogP contribution in [0, 0.1) is 17.2 Å². The van der Waals surface area contributed by atoms with Gasteiger partial charge in [-0.3, -0.25) is 9.59 Å². The van der Waals surface area contributed by atoms with Crippen molar-refractivity contribution in [2.45, 2.75) is 31.5 Å². The van der Waals surface area contributed by atoms with Crippen LogP contribution in [0.15, 0.2) is 60.7 Å². The number of methoxy groups -OCH3 is 1. The summed E-state index contributed by atoms with van der Waals surface area (Å²) in [6.45, 7) is 1.61. The van der Waals surface area contributed by atoms with Crippen molar-refractivity contribution in [2.75, 3.05) is 7.11 Å². The van der Waals surface area contributed by atoms with Gasteiger partial charge in [0.15, 0.2) is 6.10 Å². The predicted octanol–water partition coefficient (Wildman–Crippen LogP) is 1.73. The van der Waals surface area contributed by atoms with Gasteiger partial charge in [-0.25, -0.2) is 4.79 Å². The van der Waals surface area contributed by atoms with Crippen LogP contribution in [0.3, 0.4) is 0 Å². The van der Waals surface area contributed by atoms with Crippen molar-refractivity contribution in [2.24, 2.45) is 5.92 Å². The Hall–Kier alpha value is -3.70. The van der Waals surface area contributed by atoms with Crippen molar-refractivity contribution in [3.63, 3.8) is 0 Å². The minimum atomic E-state index is -1.70. The summed E-state index contributed by atoms with van der Waals surface area (Å²) in [7, 11) is 1.17. The van der Waals surface area contributed by atoms with E-state index in [4.69, 9.17) is 10.00 Å². The Labute approximate surface area is 180 Å². The van der Waals surface area contributed by atoms with Gasteiger partial charge in [-0.1, -0.05) is 55.5 Å². The summed E-state index contributed by atoms with van der Waals surface area (Å²) in [5.41, 5.74) is 0.875. The molecule has 4 atom stereocenters. The molecule has 8 nitrogen and oxygen atoms in total. The number of hydrogen-bond acceptors (Lipinski definition) is 6. The van der Waals surface area contributed by atoms with E-state index >= 15 is 0 Å². The van der Waals surface area contributed by atoms with Crippen molar-refractivity contribution >= 4 is 17.8 Å². The summed E-state index contributed by atoms with van der Waals surface area (Å²) in [6, 6.07) is 16.7. The van der Waals surface area contributed by atoms with Gasteiger partial charge >= 0.3 is 5.97 Å². The number of ether oxygens (including phenoxy) is 1. The molecule has 0 unspecified atom stereocenters. The molecule has 0 aromatic heterocycles. The normalized spacial score (nSPS) is 14.3. The third-order valence-corrected chi connectivity index (χ3v) is 4.80. The van der Waals surface area contributed by atoms with Crippen LogP contribution in [0.1, 0.15) is 35.3 Å². The van der Waals surface area contributed by atoms with E-state index in [0.717, 1.165) is 0 Å². The van der Waals surface area contributed by atoms with E-state index in [9.17, 15) is 19.5 Å². The zero-order valence-corrected chi connectivity index (χ0v) is 17.3. The Bertz CT molecular complexity index is 927. The first-order chi connectivity index (χ1) is 14.9. The molecule has 31 heavy (non-hydrogen) atoms. The highest BCUT2D eigenvalue weighted by Crippen LogP contribution is 2.19. The van der Waals surface area contributed by atoms with E-state index in [0.29, 0.717) is 11.1 Å². The van der Waals surface area contributed by atoms with E-state index in [1.807, 2.05) is 6.07 Å². The van der Waals surface area contributed by atoms with Crippen molar-refractivity contribution in [3.8, 4) is 6.07 Å². The fraction of sp³-hybridized carbons (Fsp3) is 0.304. The minimum Gasteiger partial charge on any atom is -0.467 e. The van der Waals surface area contributed by atoms with Crippen LogP contribution in [0.4, 0.5) is 0 Å². The van der Waals surface area contributed by atoms with Crippen LogP contribution in [-0.2, 0) is 14.3 Å². The molecule has 0 aliphatic heterocycles. The molecule has 2 rings (SSSR count). The molecule has 0 bridgehead atoms. The highest BCUT2D eigenvalue weighted by molar-refractivity contribution is 5.95. The maximum absolute atomic E-state index is 12.8. The van der Waals surface area contributed by atoms with E-state index < -0.39 is 41.9 Å². The first kappa shape index (κ1) is 23.6. The van der Waals surface area contributed by atoms with E-state index in [1.165, 1.54) is 7.11 Å². The van der Waals surface area contributed by atoms with Crippen LogP contribution < -0.4 is 10.6 Å². The van der Waals surface area contributed by atoms with E-state index in [1.54, 1.807) is 67.6 Å². The maximum atomic E-state index is 12.8. The number of carbonyl (C=O) groups is 3. The fourth-order valence-electron chi connectivity index (χ4n) is 3.03. The van der Waals surface area contributed by atoms with Gasteiger partial charge in [0.25, 0.3) is 11.8 Å². The summed E-state index contributed by atoms with van der Waals surface area (Å²) in [5.74, 6) is -2.61. The Morgan fingerprint density at radius 1 is 1.03 bits per heavy atom. The Kier molecular flexibility index (Phi) is 8.73. The van der Waals surface area contributed by atoms with Crippen molar-refractivity contribution in [1.82, 2.24) is 10.6 Å². The molecule has 0 spiro atoms. The smallest absolute Gasteiger partial charge is 0.328 e. The molecule has 0 heterocycles. The number of rotatable bonds is 9. The fourth-order valence-corrected chi connectivity index (χ4v) is 3.03. The maximum Gasteiger partial charge on any atom is 0.328 e. The number of nitrogens with zero attached hydrogens (tertiary/aromatic N) is 1. The van der Waals surface area contributed by atoms with Gasteiger partial charge in [0, 0.05) is 17.9 Å². The molecule has 8 heteroatoms. The molecular weight excluding hydrogens is 398 g/mol. The Morgan fingerprint density at radius 2 is 1.61 bits per heavy atom. The molecule has 3 N–H and O–H groups in total. The van der Waals surface area contributed by atoms with Gasteiger partial charge in [-0.05, 0) is 17.7 Å². The third kappa shape index (κ3) is 6.39. The first-order valence-electron chi connectivity index (χ1n) is 9.73. The number of benzene rings is 2. The van der Waals surface area contributed by atoms with Crippen LogP contribution in [-0.4, -0.2) is 42.1 Å². The van der Waals surface area contributed by atoms with Crippen molar-refractivity contribution in [3.05, 3.63) is 71.8 Å². The summed E-state index contributed by atoms with van der Waals surface area (Å²) < 4.78 is 4.71. The van der Waals surface area contributed by atoms with E-state index in [2.05, 4.69) is 10.6 Å². The van der Waals surface area contributed by atoms with Gasteiger partial charge in [-0.2, -0.15) is 5.26 Å². The lowest BCUT2D eigenvalue weighted by atomic mass is 9.96. The molecule has 0 aliphatic carbocycles. The van der Waals surface area contributed by atoms with Crippen LogP contribution in [0.25, 0.3) is 0 Å². The van der Waals surface area contributed by atoms with Crippen LogP contribution in [0.2, 0.25) is 0 Å². The van der Waals surface area contributed by atoms with Gasteiger partial charge in [0.1, 0.15) is 6.04 Å². The van der Waals surface area contributed by atoms with Crippen molar-refractivity contribution < 1.29 is 24.2 Å². The predicted molar refractivity (Wildman–Crippen MR) is 112 cm³/mol. The quantitative estimate of drug-likeness (QED) is 0.527. The lowest BCUT2D eigenvalue weighted by Crippen LogP contribution is -2.52. The molecule has 2 aromatic carbocycles. The molecule has 162 valence electrons. The van der Waals surface area contributed by atoms with Crippen molar-refractivity contribution in [1.29, 1.82) is 5.26 Å². The highest BCUT2D eigenvalue weighted by atomic mass is 16.5. The van der Waals surface area contributed by atoms with Crippen LogP contribution in [0.5, 0.6) is 0 Å². The topological polar surface area (TPSA) is 129 Å². The second-order valence-corrected chi connectivity index (χ2v) is 7.02. The summed E-state index contributed by atoms with van der Waals surface area (Å²) in [5, 5.41) is 24.8. The van der Waals surface area contributed by atoms with Gasteiger partial charge in [0.05, 0.1) is 19.2 Å². The number of amides is 2. The molecule has 0 radical (unpaired) electrons. The number of aliphatic hydroxyl groups is 1. The summed E-state index contributed by atoms with van der Waals surface area (Å²) in [6.07, 6.45) is -1.69. The molecule has 0 fully saturated rings. The minimum absolute atomic E-state index is 0.00298. The zero-order chi connectivity index (χ0) is 22.8. The molecular formula is C23H25N3O5. The highest BCUT2D eigenvalue weighted by Gasteiger charge is 2.34. The summed E-state index contributed by atoms with van der Waals surface area (Å²) in [4.78, 5) is 37.6. The SMILES string of the molecule is COC(=O)[C@H](NC(=O)[C@H](O)[C@@H](NC(=O)c1ccccc1)c1ccccc1)[C@@H](C)CC#N. The largest absolute Gasteiger partial charge is 0.467 e. The number of aliphatic hydroxyl groups excluding tert-OH is 1. The monoisotopic (exact) mass is 423 g/mol. The lowest BCUT2D eigenvalue weighted by molar-refractivity contribution is -0.148. The van der Waals surface area contributed by atoms with Crippen LogP contribution >= 0.6 is 0 Å². The first-order valence-corrected chi connectivity index (χ1v) is 9.73. The molecule has 2 amide bonds. The lowest BCUT2D eigenvalue weighted by Gasteiger charge is -2.27. The van der Waals surface area contributed by atoms with Gasteiger partial charge < -0.3 is 20.5 Å². The van der Waals surface area contributed by atoms with Gasteiger partial charge in [-0.15, -0.1) is 0 Å². The van der Waals surface area contributed by atoms with E-state index in [-0.39, 0.29) is 6.42 Å². The molecule has 2 aromatic rings. The molecule has 0 aliphatic rings. The Morgan fingerprint density at radius 3 is 2.16 bits per heavy atom. The number of hydrogen-bond donors (Lipinski definition) is 3. The number of esters is 1. The number of nitriles is 1. The van der Waals surface area contributed by atoms with Gasteiger partial charge in [0.2, 0.25) is 0 Å². The molecule has 0 saturated heterocycles. The third-order valence-electron chi connectivity index (χ3n) is 4.80. The second-order valence-electron chi connectivity index (χ2n) is 7.02. The second kappa shape index (κ2) is 11.5. The number of carbonyl (C=O) groups excluding carboxylic acids is 3. The average molecular weight is 423 g/mol. The number of nitrogens with one attached hydrogen (secondary N) is 2. The Balaban J connectivity index is 2.26. The summed E-state index contributed by atoms with van der Waals surface area (Å²) >= 11 is 0.